The smallest absolute Gasteiger partial charge is 0.416 e. The van der Waals surface area contributed by atoms with Crippen LogP contribution in [-0.4, -0.2) is 39.6 Å². The molecule has 3 aromatic rings. The molecule has 3 rings (SSSR count). The van der Waals surface area contributed by atoms with Crippen molar-refractivity contribution in [3.8, 4) is 0 Å². The van der Waals surface area contributed by atoms with Crippen LogP contribution in [0.4, 0.5) is 37.7 Å². The molecule has 1 heterocycles. The first-order chi connectivity index (χ1) is 21.7. The van der Waals surface area contributed by atoms with Crippen LogP contribution in [0.1, 0.15) is 60.5 Å². The molecule has 0 aliphatic rings. The van der Waals surface area contributed by atoms with Crippen LogP contribution in [0.2, 0.25) is 0 Å². The topological polar surface area (TPSA) is 227 Å². The molecule has 2 aromatic carbocycles. The molecule has 47 heavy (non-hydrogen) atoms. The zero-order valence-corrected chi connectivity index (χ0v) is 24.0. The van der Waals surface area contributed by atoms with Gasteiger partial charge in [-0.15, -0.1) is 0 Å². The minimum atomic E-state index is -4.92. The summed E-state index contributed by atoms with van der Waals surface area (Å²) in [6, 6.07) is 6.00. The van der Waals surface area contributed by atoms with E-state index in [-0.39, 0.29) is 34.9 Å². The molecule has 0 spiro atoms. The summed E-state index contributed by atoms with van der Waals surface area (Å²) in [5, 5.41) is 22.2. The number of hydrogen-bond donors (Lipinski definition) is 7. The number of nitrogens with two attached hydrogens (primary N) is 4. The summed E-state index contributed by atoms with van der Waals surface area (Å²) in [4.78, 5) is 39.7. The lowest BCUT2D eigenvalue weighted by Gasteiger charge is -2.19. The van der Waals surface area contributed by atoms with Gasteiger partial charge in [-0.25, -0.2) is 26.3 Å². The average molecular weight is 669 g/mol. The molecule has 0 saturated carbocycles. The molecular formula is C28H26F6N8O5. The van der Waals surface area contributed by atoms with Gasteiger partial charge >= 0.3 is 24.3 Å². The first-order valence-corrected chi connectivity index (χ1v) is 13.0. The summed E-state index contributed by atoms with van der Waals surface area (Å²) in [7, 11) is 0. The first-order valence-electron chi connectivity index (χ1n) is 13.0. The Morgan fingerprint density at radius 2 is 1.11 bits per heavy atom. The number of pyridine rings is 1. The predicted molar refractivity (Wildman–Crippen MR) is 157 cm³/mol. The Morgan fingerprint density at radius 1 is 0.723 bits per heavy atom. The zero-order chi connectivity index (χ0) is 35.4. The van der Waals surface area contributed by atoms with Crippen molar-refractivity contribution in [1.82, 2.24) is 10.3 Å². The van der Waals surface area contributed by atoms with Crippen molar-refractivity contribution in [2.45, 2.75) is 19.3 Å². The lowest BCUT2D eigenvalue weighted by atomic mass is 10.1. The summed E-state index contributed by atoms with van der Waals surface area (Å²) in [6.07, 6.45) is -8.06. The Labute approximate surface area is 261 Å². The summed E-state index contributed by atoms with van der Waals surface area (Å²) in [6.45, 7) is 1.79. The molecule has 19 heteroatoms. The van der Waals surface area contributed by atoms with E-state index >= 15 is 0 Å². The second-order valence-electron chi connectivity index (χ2n) is 9.61. The Hall–Kier alpha value is -5.82. The number of nitrogens with zero attached hydrogens (tertiary/aromatic N) is 3. The van der Waals surface area contributed by atoms with Gasteiger partial charge in [-0.05, 0) is 55.5 Å². The highest BCUT2D eigenvalue weighted by Gasteiger charge is 2.33. The van der Waals surface area contributed by atoms with Gasteiger partial charge in [0.25, 0.3) is 5.91 Å². The third kappa shape index (κ3) is 8.89. The lowest BCUT2D eigenvalue weighted by molar-refractivity contribution is -0.138. The Morgan fingerprint density at radius 3 is 1.43 bits per heavy atom. The van der Waals surface area contributed by atoms with E-state index in [2.05, 4.69) is 10.3 Å². The monoisotopic (exact) mass is 668 g/mol. The van der Waals surface area contributed by atoms with Crippen LogP contribution in [-0.2, 0) is 12.4 Å². The summed E-state index contributed by atoms with van der Waals surface area (Å²) in [5.41, 5.74) is 6.07. The van der Waals surface area contributed by atoms with Crippen LogP contribution in [0.25, 0.3) is 11.4 Å². The number of carboxylic acid groups (broad SMARTS) is 2. The first kappa shape index (κ1) is 35.7. The van der Waals surface area contributed by atoms with E-state index < -0.39 is 63.8 Å². The zero-order valence-electron chi connectivity index (χ0n) is 24.0. The molecule has 0 aliphatic heterocycles. The van der Waals surface area contributed by atoms with Gasteiger partial charge < -0.3 is 27.0 Å². The number of amides is 1. The number of carbonyl (C=O) groups is 3. The van der Waals surface area contributed by atoms with E-state index in [1.165, 1.54) is 12.1 Å². The van der Waals surface area contributed by atoms with Gasteiger partial charge in [0.2, 0.25) is 0 Å². The third-order valence-corrected chi connectivity index (χ3v) is 6.15. The van der Waals surface area contributed by atoms with Crippen molar-refractivity contribution in [2.24, 2.45) is 23.2 Å². The minimum Gasteiger partial charge on any atom is -0.478 e. The highest BCUT2D eigenvalue weighted by Crippen LogP contribution is 2.34. The van der Waals surface area contributed by atoms with Crippen LogP contribution in [0.15, 0.2) is 60.9 Å². The van der Waals surface area contributed by atoms with Gasteiger partial charge in [0.05, 0.1) is 56.4 Å². The number of benzene rings is 2. The van der Waals surface area contributed by atoms with Crippen LogP contribution in [0, 0.1) is 0 Å². The van der Waals surface area contributed by atoms with Crippen molar-refractivity contribution >= 4 is 40.6 Å². The minimum absolute atomic E-state index is 0.0915. The van der Waals surface area contributed by atoms with Crippen LogP contribution < -0.4 is 38.5 Å². The van der Waals surface area contributed by atoms with E-state index in [0.717, 1.165) is 24.5 Å². The number of nitrogens with one attached hydrogen (secondary N) is 1. The number of anilines is 2. The molecular weight excluding hydrogens is 642 g/mol. The van der Waals surface area contributed by atoms with Gasteiger partial charge in [0.15, 0.2) is 0 Å². The fourth-order valence-corrected chi connectivity index (χ4v) is 3.90. The molecule has 11 N–H and O–H groups in total. The molecule has 0 radical (unpaired) electrons. The predicted octanol–water partition coefficient (Wildman–Crippen LogP) is 3.54. The fraction of sp³-hybridized carbons (Fsp3) is 0.143. The Kier molecular flexibility index (Phi) is 10.4. The second-order valence-corrected chi connectivity index (χ2v) is 9.61. The summed E-state index contributed by atoms with van der Waals surface area (Å²) in [5.74, 6) is 7.81. The normalized spacial score (nSPS) is 12.4. The molecule has 1 aromatic heterocycles. The van der Waals surface area contributed by atoms with E-state index in [4.69, 9.17) is 23.2 Å². The summed E-state index contributed by atoms with van der Waals surface area (Å²) < 4.78 is 80.3. The number of aromatic carboxylic acids is 2. The molecule has 0 unspecified atom stereocenters. The maximum absolute atomic E-state index is 13.4. The quantitative estimate of drug-likeness (QED) is 0.0935. The van der Waals surface area contributed by atoms with Gasteiger partial charge in [-0.3, -0.25) is 14.8 Å². The average Bonchev–Trinajstić information content (AvgIpc) is 2.99. The Balaban J connectivity index is 2.11. The molecule has 250 valence electrons. The van der Waals surface area contributed by atoms with E-state index in [1.807, 2.05) is 0 Å². The highest BCUT2D eigenvalue weighted by atomic mass is 19.4. The Bertz CT molecular complexity index is 1660. The number of halogens is 6. The number of rotatable bonds is 10. The van der Waals surface area contributed by atoms with Gasteiger partial charge in [0.1, 0.15) is 0 Å². The number of carbonyl (C=O) groups excluding carboxylic acids is 1. The van der Waals surface area contributed by atoms with Crippen molar-refractivity contribution in [2.75, 3.05) is 16.6 Å². The van der Waals surface area contributed by atoms with Crippen molar-refractivity contribution in [3.05, 3.63) is 100 Å². The van der Waals surface area contributed by atoms with E-state index in [0.29, 0.717) is 34.3 Å². The largest absolute Gasteiger partial charge is 0.478 e. The third-order valence-electron chi connectivity index (χ3n) is 6.15. The maximum Gasteiger partial charge on any atom is 0.416 e. The van der Waals surface area contributed by atoms with Crippen molar-refractivity contribution < 1.29 is 50.9 Å². The maximum atomic E-state index is 13.4. The summed E-state index contributed by atoms with van der Waals surface area (Å²) >= 11 is 0. The molecule has 0 atom stereocenters. The number of carboxylic acids is 2. The molecule has 1 amide bonds. The molecule has 0 bridgehead atoms. The van der Waals surface area contributed by atoms with Crippen LogP contribution >= 0.6 is 0 Å². The van der Waals surface area contributed by atoms with Crippen LogP contribution in [0.5, 0.6) is 0 Å². The van der Waals surface area contributed by atoms with Gasteiger partial charge in [-0.1, -0.05) is 0 Å². The number of hydrogen-bond acceptors (Lipinski definition) is 10. The van der Waals surface area contributed by atoms with E-state index in [1.54, 1.807) is 6.92 Å². The molecule has 0 aliphatic carbocycles. The standard InChI is InChI=1S/C28H26F6N8O5/c1-2-39-24(43)13-7-22(20(35)11-41(37)18-5-14(25(44)45)3-16(9-18)27(29,30)31)40-23(8-13)21(36)12-42(38)19-6-15(26(46)47)4-17(10-19)28(32,33)34/h3-12H,2,35-38H2,1H3,(H,39,43)(H,44,45)(H,46,47)/b20-11-,21-12-. The molecule has 0 fully saturated rings. The highest BCUT2D eigenvalue weighted by molar-refractivity contribution is 5.95. The van der Waals surface area contributed by atoms with Gasteiger partial charge in [0, 0.05) is 24.5 Å². The van der Waals surface area contributed by atoms with E-state index in [9.17, 15) is 50.9 Å². The van der Waals surface area contributed by atoms with Gasteiger partial charge in [-0.2, -0.15) is 26.3 Å². The van der Waals surface area contributed by atoms with Crippen LogP contribution in [0.3, 0.4) is 0 Å². The second kappa shape index (κ2) is 13.7. The lowest BCUT2D eigenvalue weighted by Crippen LogP contribution is -2.28. The van der Waals surface area contributed by atoms with Crippen molar-refractivity contribution in [3.63, 3.8) is 0 Å². The number of aromatic nitrogens is 1. The molecule has 0 saturated heterocycles. The SMILES string of the molecule is CCNC(=O)c1cc(/C(N)=C/N(N)c2cc(C(=O)O)cc(C(F)(F)F)c2)nc(/C(N)=C/N(N)c2cc(C(=O)O)cc(C(F)(F)F)c2)c1. The number of hydrazine groups is 2. The fourth-order valence-electron chi connectivity index (χ4n) is 3.90. The van der Waals surface area contributed by atoms with Crippen molar-refractivity contribution in [1.29, 1.82) is 0 Å². The molecule has 13 nitrogen and oxygen atoms in total. The number of alkyl halides is 6.